The predicted octanol–water partition coefficient (Wildman–Crippen LogP) is 9.95. The minimum atomic E-state index is -5.08. The highest BCUT2D eigenvalue weighted by molar-refractivity contribution is 5.94. The van der Waals surface area contributed by atoms with Crippen molar-refractivity contribution in [2.75, 3.05) is 19.6 Å². The molecule has 1 fully saturated rings. The first-order chi connectivity index (χ1) is 34.8. The van der Waals surface area contributed by atoms with Crippen molar-refractivity contribution in [3.8, 4) is 11.1 Å². The molecule has 1 saturated heterocycles. The number of carbonyl (C=O) groups excluding carboxylic acids is 1. The lowest BCUT2D eigenvalue weighted by Crippen LogP contribution is -2.48. The minimum Gasteiger partial charge on any atom is -0.475 e. The molecule has 0 aromatic heterocycles. The summed E-state index contributed by atoms with van der Waals surface area (Å²) in [7, 11) is 0. The van der Waals surface area contributed by atoms with Crippen molar-refractivity contribution < 1.29 is 101 Å². The van der Waals surface area contributed by atoms with E-state index in [1.807, 2.05) is 48.5 Å². The van der Waals surface area contributed by atoms with Crippen LogP contribution in [0.4, 0.5) is 57.1 Å². The number of amides is 1. The van der Waals surface area contributed by atoms with Gasteiger partial charge in [-0.25, -0.2) is 23.6 Å². The van der Waals surface area contributed by atoms with E-state index in [1.54, 1.807) is 6.07 Å². The molecular formula is C49H47F13N4O9. The average molecular weight is 1080 g/mol. The zero-order valence-corrected chi connectivity index (χ0v) is 39.0. The van der Waals surface area contributed by atoms with Crippen LogP contribution in [0.25, 0.3) is 11.1 Å². The van der Waals surface area contributed by atoms with Crippen LogP contribution in [0.1, 0.15) is 45.1 Å². The molecule has 5 aromatic rings. The van der Waals surface area contributed by atoms with Crippen LogP contribution < -0.4 is 10.6 Å². The van der Waals surface area contributed by atoms with Gasteiger partial charge in [0.15, 0.2) is 0 Å². The molecule has 75 heavy (non-hydrogen) atoms. The molecule has 1 aliphatic heterocycles. The van der Waals surface area contributed by atoms with Gasteiger partial charge in [-0.05, 0) is 70.6 Å². The van der Waals surface area contributed by atoms with Crippen molar-refractivity contribution in [2.24, 2.45) is 0 Å². The van der Waals surface area contributed by atoms with E-state index in [0.29, 0.717) is 30.3 Å². The number of nitrogens with zero attached hydrogens (tertiary/aromatic N) is 2. The van der Waals surface area contributed by atoms with Crippen LogP contribution in [0, 0.1) is 5.82 Å². The predicted molar refractivity (Wildman–Crippen MR) is 243 cm³/mol. The Labute approximate surface area is 418 Å². The van der Waals surface area contributed by atoms with Crippen LogP contribution in [0.3, 0.4) is 0 Å². The standard InChI is InChI=1S/C41H43FN4O.4C2HF3O2/c1-31-26-45(21-20-43-31)29-35-14-8-16-37(22-35)39-24-34(18-19-40(39)42)25-44-41(47)38-17-9-15-36(23-38)30-46(27-32-10-4-2-5-11-32)28-33-12-6-3-7-13-33;4*3-2(4,5)1(6)7/h2-19,22-24,31,43H,20-21,25-30H2,1H3,(H,44,47);4*(H,6,7)/t31-;;;;/m0..../s1. The quantitative estimate of drug-likeness (QED) is 0.0648. The molecule has 1 aliphatic rings. The fourth-order valence-electron chi connectivity index (χ4n) is 6.36. The van der Waals surface area contributed by atoms with Gasteiger partial charge >= 0.3 is 48.6 Å². The van der Waals surface area contributed by atoms with Gasteiger partial charge < -0.3 is 31.1 Å². The van der Waals surface area contributed by atoms with Crippen LogP contribution in [-0.2, 0) is 51.9 Å². The fraction of sp³-hybridized carbons (Fsp3) is 0.286. The summed E-state index contributed by atoms with van der Waals surface area (Å²) in [5.74, 6) is -11.4. The molecule has 13 nitrogen and oxygen atoms in total. The third-order valence-corrected chi connectivity index (χ3v) is 9.64. The number of carboxylic acids is 4. The van der Waals surface area contributed by atoms with Crippen LogP contribution in [0.5, 0.6) is 0 Å². The number of nitrogens with one attached hydrogen (secondary N) is 2. The summed E-state index contributed by atoms with van der Waals surface area (Å²) in [5, 5.41) is 35.0. The molecule has 0 aliphatic carbocycles. The van der Waals surface area contributed by atoms with Crippen LogP contribution in [0.15, 0.2) is 127 Å². The van der Waals surface area contributed by atoms with Gasteiger partial charge in [-0.3, -0.25) is 14.6 Å². The number of alkyl halides is 12. The number of rotatable bonds is 12. The van der Waals surface area contributed by atoms with E-state index < -0.39 is 48.6 Å². The SMILES string of the molecule is C[C@H]1CN(Cc2cccc(-c3cc(CNC(=O)c4cccc(CN(Cc5ccccc5)Cc5ccccc5)c4)ccc3F)c2)CCN1.O=C(O)C(F)(F)F.O=C(O)C(F)(F)F.O=C(O)C(F)(F)F.O=C(O)C(F)(F)F. The highest BCUT2D eigenvalue weighted by atomic mass is 19.4. The number of carboxylic acid groups (broad SMARTS) is 4. The summed E-state index contributed by atoms with van der Waals surface area (Å²) in [6.07, 6.45) is -20.3. The lowest BCUT2D eigenvalue weighted by atomic mass is 10.00. The lowest BCUT2D eigenvalue weighted by molar-refractivity contribution is -0.193. The third kappa shape index (κ3) is 25.3. The maximum absolute atomic E-state index is 15.1. The summed E-state index contributed by atoms with van der Waals surface area (Å²) in [4.78, 5) is 53.7. The summed E-state index contributed by atoms with van der Waals surface area (Å²) >= 11 is 0. The van der Waals surface area contributed by atoms with Gasteiger partial charge in [0.05, 0.1) is 0 Å². The Morgan fingerprint density at radius 1 is 0.560 bits per heavy atom. The normalized spacial score (nSPS) is 13.7. The van der Waals surface area contributed by atoms with E-state index in [9.17, 15) is 57.5 Å². The fourth-order valence-corrected chi connectivity index (χ4v) is 6.36. The molecule has 6 rings (SSSR count). The highest BCUT2D eigenvalue weighted by Gasteiger charge is 2.40. The molecule has 5 aromatic carbocycles. The van der Waals surface area contributed by atoms with Crippen LogP contribution >= 0.6 is 0 Å². The zero-order valence-electron chi connectivity index (χ0n) is 39.0. The second kappa shape index (κ2) is 29.3. The molecule has 6 N–H and O–H groups in total. The Morgan fingerprint density at radius 3 is 1.44 bits per heavy atom. The molecule has 26 heteroatoms. The van der Waals surface area contributed by atoms with Crippen molar-refractivity contribution >= 4 is 29.8 Å². The van der Waals surface area contributed by atoms with E-state index in [-0.39, 0.29) is 11.7 Å². The van der Waals surface area contributed by atoms with Gasteiger partial charge in [0.1, 0.15) is 5.82 Å². The number of hydrogen-bond acceptors (Lipinski definition) is 8. The smallest absolute Gasteiger partial charge is 0.475 e. The molecule has 1 heterocycles. The summed E-state index contributed by atoms with van der Waals surface area (Å²) in [6, 6.07) is 42.4. The van der Waals surface area contributed by atoms with Crippen molar-refractivity contribution in [2.45, 2.75) is 70.4 Å². The number of benzene rings is 5. The Balaban J connectivity index is 0.000000560. The molecule has 408 valence electrons. The molecule has 0 saturated carbocycles. The second-order valence-corrected chi connectivity index (χ2v) is 15.8. The Bertz CT molecular complexity index is 2480. The summed E-state index contributed by atoms with van der Waals surface area (Å²) in [6.45, 7) is 8.64. The summed E-state index contributed by atoms with van der Waals surface area (Å²) < 4.78 is 142. The number of carbonyl (C=O) groups is 5. The highest BCUT2D eigenvalue weighted by Crippen LogP contribution is 2.26. The first-order valence-electron chi connectivity index (χ1n) is 21.5. The topological polar surface area (TPSA) is 197 Å². The van der Waals surface area contributed by atoms with Gasteiger partial charge in [-0.1, -0.05) is 97.1 Å². The van der Waals surface area contributed by atoms with E-state index >= 15 is 4.39 Å². The van der Waals surface area contributed by atoms with E-state index in [4.69, 9.17) is 39.6 Å². The zero-order chi connectivity index (χ0) is 56.7. The molecule has 0 bridgehead atoms. The van der Waals surface area contributed by atoms with E-state index in [0.717, 1.165) is 56.0 Å². The molecule has 1 amide bonds. The van der Waals surface area contributed by atoms with Gasteiger partial charge in [0, 0.05) is 69.5 Å². The lowest BCUT2D eigenvalue weighted by Gasteiger charge is -2.31. The number of piperazine rings is 1. The van der Waals surface area contributed by atoms with E-state index in [2.05, 4.69) is 94.1 Å². The van der Waals surface area contributed by atoms with Gasteiger partial charge in [0.2, 0.25) is 0 Å². The minimum absolute atomic E-state index is 0.150. The first-order valence-corrected chi connectivity index (χ1v) is 21.5. The van der Waals surface area contributed by atoms with Gasteiger partial charge in [0.25, 0.3) is 5.91 Å². The largest absolute Gasteiger partial charge is 0.490 e. The monoisotopic (exact) mass is 1080 g/mol. The Morgan fingerprint density at radius 2 is 0.987 bits per heavy atom. The maximum Gasteiger partial charge on any atom is 0.490 e. The second-order valence-electron chi connectivity index (χ2n) is 15.8. The summed E-state index contributed by atoms with van der Waals surface area (Å²) in [5.41, 5.74) is 7.59. The van der Waals surface area contributed by atoms with E-state index in [1.165, 1.54) is 22.8 Å². The first kappa shape index (κ1) is 63.5. The Kier molecular flexibility index (Phi) is 24.9. The number of halogens is 13. The van der Waals surface area contributed by atoms with Crippen LogP contribution in [-0.4, -0.2) is 110 Å². The molecule has 0 radical (unpaired) electrons. The van der Waals surface area contributed by atoms with Crippen molar-refractivity contribution in [3.05, 3.63) is 167 Å². The Hall–Kier alpha value is -7.58. The molecular weight excluding hydrogens is 1040 g/mol. The number of hydrogen-bond donors (Lipinski definition) is 6. The van der Waals surface area contributed by atoms with Gasteiger partial charge in [-0.15, -0.1) is 0 Å². The van der Waals surface area contributed by atoms with Crippen LogP contribution in [0.2, 0.25) is 0 Å². The number of aliphatic carboxylic acids is 4. The molecule has 0 spiro atoms. The van der Waals surface area contributed by atoms with Crippen molar-refractivity contribution in [1.82, 2.24) is 20.4 Å². The maximum atomic E-state index is 15.1. The van der Waals surface area contributed by atoms with Crippen molar-refractivity contribution in [3.63, 3.8) is 0 Å². The average Bonchev–Trinajstić information content (AvgIpc) is 3.31. The van der Waals surface area contributed by atoms with Gasteiger partial charge in [-0.2, -0.15) is 52.7 Å². The molecule has 0 unspecified atom stereocenters. The third-order valence-electron chi connectivity index (χ3n) is 9.64. The molecule has 1 atom stereocenters. The van der Waals surface area contributed by atoms with Crippen molar-refractivity contribution in [1.29, 1.82) is 0 Å².